The van der Waals surface area contributed by atoms with E-state index in [1.165, 1.54) is 70.6 Å². The van der Waals surface area contributed by atoms with Crippen LogP contribution >= 0.6 is 0 Å². The summed E-state index contributed by atoms with van der Waals surface area (Å²) in [4.78, 5) is 51.2. The highest BCUT2D eigenvalue weighted by molar-refractivity contribution is 5.74. The third-order valence-corrected chi connectivity index (χ3v) is 13.4. The molecule has 0 spiro atoms. The Bertz CT molecular complexity index is 1790. The third kappa shape index (κ3) is 43.8. The summed E-state index contributed by atoms with van der Waals surface area (Å²) in [6, 6.07) is 0. The van der Waals surface area contributed by atoms with Gasteiger partial charge in [0.05, 0.1) is 13.0 Å². The van der Waals surface area contributed by atoms with Crippen molar-refractivity contribution in [3.05, 3.63) is 109 Å². The van der Waals surface area contributed by atoms with Crippen molar-refractivity contribution in [2.24, 2.45) is 0 Å². The predicted molar refractivity (Wildman–Crippen MR) is 321 cm³/mol. The van der Waals surface area contributed by atoms with Crippen LogP contribution in [0.5, 0.6) is 0 Å². The summed E-state index contributed by atoms with van der Waals surface area (Å²) in [6.45, 7) is 5.72. The smallest absolute Gasteiger partial charge is 0.335 e. The predicted octanol–water partition coefficient (Wildman–Crippen LogP) is 16.2. The summed E-state index contributed by atoms with van der Waals surface area (Å²) in [7, 11) is 0. The molecule has 0 saturated carbocycles. The van der Waals surface area contributed by atoms with Crippen molar-refractivity contribution in [3.63, 3.8) is 0 Å². The van der Waals surface area contributed by atoms with E-state index in [-0.39, 0.29) is 25.9 Å². The molecule has 0 aliphatic carbocycles. The van der Waals surface area contributed by atoms with Crippen molar-refractivity contribution < 1.29 is 58.2 Å². The number of esters is 3. The van der Waals surface area contributed by atoms with Gasteiger partial charge in [-0.15, -0.1) is 0 Å². The molecule has 79 heavy (non-hydrogen) atoms. The van der Waals surface area contributed by atoms with E-state index in [1.807, 2.05) is 12.2 Å². The molecule has 1 aliphatic heterocycles. The van der Waals surface area contributed by atoms with Gasteiger partial charge >= 0.3 is 23.9 Å². The highest BCUT2D eigenvalue weighted by atomic mass is 16.7. The number of hydrogen-bond acceptors (Lipinski definition) is 11. The van der Waals surface area contributed by atoms with Gasteiger partial charge in [0.25, 0.3) is 0 Å². The molecule has 0 aromatic heterocycles. The maximum absolute atomic E-state index is 13.2. The minimum Gasteiger partial charge on any atom is -0.479 e. The summed E-state index contributed by atoms with van der Waals surface area (Å²) in [5, 5.41) is 31.5. The molecule has 448 valence electrons. The first-order valence-electron chi connectivity index (χ1n) is 30.9. The summed E-state index contributed by atoms with van der Waals surface area (Å²) in [5.74, 6) is -3.30. The molecule has 0 radical (unpaired) electrons. The van der Waals surface area contributed by atoms with Crippen LogP contribution in [-0.2, 0) is 42.9 Å². The number of carboxylic acids is 1. The first-order valence-corrected chi connectivity index (χ1v) is 30.9. The lowest BCUT2D eigenvalue weighted by molar-refractivity contribution is -0.301. The molecule has 1 heterocycles. The molecule has 0 aromatic carbocycles. The molecule has 6 unspecified atom stereocenters. The summed E-state index contributed by atoms with van der Waals surface area (Å²) in [6.07, 6.45) is 60.8. The zero-order valence-electron chi connectivity index (χ0n) is 49.3. The normalized spacial score (nSPS) is 18.6. The topological polar surface area (TPSA) is 175 Å². The molecule has 1 fully saturated rings. The van der Waals surface area contributed by atoms with E-state index in [2.05, 4.69) is 106 Å². The van der Waals surface area contributed by atoms with Crippen LogP contribution in [0.25, 0.3) is 0 Å². The van der Waals surface area contributed by atoms with Crippen LogP contribution in [0.3, 0.4) is 0 Å². The zero-order valence-corrected chi connectivity index (χ0v) is 49.3. The van der Waals surface area contributed by atoms with Crippen LogP contribution in [0.4, 0.5) is 0 Å². The number of carboxylic acid groups (broad SMARTS) is 1. The maximum Gasteiger partial charge on any atom is 0.335 e. The van der Waals surface area contributed by atoms with Crippen molar-refractivity contribution in [1.29, 1.82) is 0 Å². The Morgan fingerprint density at radius 1 is 0.443 bits per heavy atom. The van der Waals surface area contributed by atoms with Crippen LogP contribution in [-0.4, -0.2) is 89.2 Å². The lowest BCUT2D eigenvalue weighted by Crippen LogP contribution is -2.61. The Kier molecular flexibility index (Phi) is 49.5. The molecule has 1 saturated heterocycles. The Morgan fingerprint density at radius 2 is 0.835 bits per heavy atom. The van der Waals surface area contributed by atoms with Gasteiger partial charge in [-0.05, 0) is 83.5 Å². The summed E-state index contributed by atoms with van der Waals surface area (Å²) >= 11 is 0. The molecule has 3 N–H and O–H groups in total. The number of rotatable bonds is 51. The number of aliphatic hydroxyl groups is 2. The van der Waals surface area contributed by atoms with Gasteiger partial charge in [0.1, 0.15) is 18.8 Å². The lowest BCUT2D eigenvalue weighted by Gasteiger charge is -2.40. The second-order valence-electron chi connectivity index (χ2n) is 20.6. The molecule has 1 rings (SSSR count). The van der Waals surface area contributed by atoms with Gasteiger partial charge in [0.2, 0.25) is 0 Å². The number of carbonyl (C=O) groups excluding carboxylic acids is 3. The van der Waals surface area contributed by atoms with Crippen LogP contribution in [0, 0.1) is 0 Å². The Hall–Kier alpha value is -4.62. The van der Waals surface area contributed by atoms with Gasteiger partial charge in [0.15, 0.2) is 24.6 Å². The van der Waals surface area contributed by atoms with Crippen molar-refractivity contribution in [2.75, 3.05) is 13.2 Å². The lowest BCUT2D eigenvalue weighted by atomic mass is 9.98. The van der Waals surface area contributed by atoms with Crippen molar-refractivity contribution in [2.45, 2.75) is 276 Å². The second kappa shape index (κ2) is 54.0. The highest BCUT2D eigenvalue weighted by Crippen LogP contribution is 2.26. The van der Waals surface area contributed by atoms with E-state index in [4.69, 9.17) is 23.7 Å². The molecule has 12 nitrogen and oxygen atoms in total. The molecule has 0 amide bonds. The number of ether oxygens (including phenoxy) is 5. The number of unbranched alkanes of at least 4 members (excludes halogenated alkanes) is 20. The second-order valence-corrected chi connectivity index (χ2v) is 20.6. The third-order valence-electron chi connectivity index (χ3n) is 13.4. The van der Waals surface area contributed by atoms with Gasteiger partial charge in [0, 0.05) is 12.8 Å². The van der Waals surface area contributed by atoms with Crippen LogP contribution in [0.2, 0.25) is 0 Å². The van der Waals surface area contributed by atoms with Crippen LogP contribution < -0.4 is 0 Å². The monoisotopic (exact) mass is 1100 g/mol. The molecule has 6 atom stereocenters. The van der Waals surface area contributed by atoms with Gasteiger partial charge < -0.3 is 39.0 Å². The fraction of sp³-hybridized carbons (Fsp3) is 0.672. The SMILES string of the molecule is CC/C=C\C/C=C\C/C=C\C/C=C\C/C=C\CC(=O)OC1C(OCC(COC(=O)CCCCCCCC/C=C\C/C=C\C/C=C\C/C=C\CC)OC(=O)CCCCCCCCCCCCCCCCC)OC(C(=O)O)C(O)C1O. The quantitative estimate of drug-likeness (QED) is 0.0228. The van der Waals surface area contributed by atoms with E-state index in [0.29, 0.717) is 19.3 Å². The molecular weight excluding hydrogens is 997 g/mol. The molecule has 0 aromatic rings. The number of carbonyl (C=O) groups is 4. The minimum absolute atomic E-state index is 0.147. The van der Waals surface area contributed by atoms with E-state index >= 15 is 0 Å². The first kappa shape index (κ1) is 72.4. The average molecular weight is 1110 g/mol. The number of aliphatic hydroxyl groups excluding tert-OH is 2. The maximum atomic E-state index is 13.2. The van der Waals surface area contributed by atoms with Crippen molar-refractivity contribution in [3.8, 4) is 0 Å². The van der Waals surface area contributed by atoms with Gasteiger partial charge in [-0.3, -0.25) is 14.4 Å². The molecule has 12 heteroatoms. The number of aliphatic carboxylic acids is 1. The molecule has 1 aliphatic rings. The summed E-state index contributed by atoms with van der Waals surface area (Å²) in [5.41, 5.74) is 0. The van der Waals surface area contributed by atoms with Crippen LogP contribution in [0.1, 0.15) is 239 Å². The van der Waals surface area contributed by atoms with Crippen molar-refractivity contribution >= 4 is 23.9 Å². The Labute approximate surface area is 478 Å². The Balaban J connectivity index is 2.73. The van der Waals surface area contributed by atoms with Crippen molar-refractivity contribution in [1.82, 2.24) is 0 Å². The molecular formula is C67H108O12. The first-order chi connectivity index (χ1) is 38.6. The summed E-state index contributed by atoms with van der Waals surface area (Å²) < 4.78 is 28.3. The van der Waals surface area contributed by atoms with E-state index in [0.717, 1.165) is 109 Å². The fourth-order valence-electron chi connectivity index (χ4n) is 8.73. The van der Waals surface area contributed by atoms with Gasteiger partial charge in [-0.1, -0.05) is 246 Å². The van der Waals surface area contributed by atoms with Gasteiger partial charge in [-0.25, -0.2) is 4.79 Å². The number of allylic oxidation sites excluding steroid dienone is 17. The van der Waals surface area contributed by atoms with E-state index in [1.54, 1.807) is 12.2 Å². The molecule has 0 bridgehead atoms. The standard InChI is InChI=1S/C67H108O12/c1-4-7-10-13-16-19-22-25-28-29-30-31-34-35-38-41-44-47-50-53-59(68)75-56-58(77-60(69)54-51-48-45-42-39-36-32-26-23-20-17-14-11-8-5-2)57-76-67-65(63(72)62(71)64(79-67)66(73)74)78-61(70)55-52-49-46-43-40-37-33-27-24-21-18-15-12-9-6-3/h7,9-10,12,16,18-19,21,25,27-28,30-31,33,40,43,49,52,58,62-65,67,71-72H,4-6,8,11,13-15,17,20,22-24,26,29,32,34-39,41-42,44-48,50-51,53-57H2,1-3H3,(H,73,74)/b10-7-,12-9-,19-16-,21-18-,28-25-,31-30-,33-27-,43-40-,52-49-. The average Bonchev–Trinajstić information content (AvgIpc) is 3.44. The Morgan fingerprint density at radius 3 is 1.28 bits per heavy atom. The van der Waals surface area contributed by atoms with Gasteiger partial charge in [-0.2, -0.15) is 0 Å². The minimum atomic E-state index is -1.94. The largest absolute Gasteiger partial charge is 0.479 e. The van der Waals surface area contributed by atoms with Crippen LogP contribution in [0.15, 0.2) is 109 Å². The fourth-order valence-corrected chi connectivity index (χ4v) is 8.73. The highest BCUT2D eigenvalue weighted by Gasteiger charge is 2.50. The number of hydrogen-bond donors (Lipinski definition) is 3. The zero-order chi connectivity index (χ0) is 57.5. The van der Waals surface area contributed by atoms with E-state index in [9.17, 15) is 34.5 Å². The van der Waals surface area contributed by atoms with E-state index < -0.39 is 67.3 Å².